The molecule has 4 rings (SSSR count). The molecule has 2 saturated carbocycles. The molecular weight excluding hydrogens is 404 g/mol. The quantitative estimate of drug-likeness (QED) is 0.531. The van der Waals surface area contributed by atoms with Gasteiger partial charge in [-0.25, -0.2) is 4.79 Å². The summed E-state index contributed by atoms with van der Waals surface area (Å²) < 4.78 is 11.4. The van der Waals surface area contributed by atoms with Crippen molar-refractivity contribution in [2.45, 2.75) is 44.2 Å². The zero-order valence-electron chi connectivity index (χ0n) is 16.9. The maximum Gasteiger partial charge on any atom is 0.332 e. The number of fused-ring (bicyclic) bond motifs is 1. The Morgan fingerprint density at radius 2 is 2.20 bits per heavy atom. The first kappa shape index (κ1) is 20.7. The molecule has 2 aromatic rings. The van der Waals surface area contributed by atoms with Gasteiger partial charge in [-0.1, -0.05) is 17.7 Å². The number of carbonyl (C=O) groups is 2. The van der Waals surface area contributed by atoms with Gasteiger partial charge in [-0.3, -0.25) is 9.78 Å². The molecule has 2 aliphatic carbocycles. The Morgan fingerprint density at radius 1 is 1.37 bits per heavy atom. The third kappa shape index (κ3) is 3.88. The maximum atomic E-state index is 12.9. The van der Waals surface area contributed by atoms with Crippen molar-refractivity contribution in [3.8, 4) is 5.75 Å². The topological polar surface area (TPSA) is 77.5 Å². The van der Waals surface area contributed by atoms with Crippen LogP contribution in [-0.2, 0) is 14.3 Å². The Morgan fingerprint density at radius 3 is 2.93 bits per heavy atom. The minimum absolute atomic E-state index is 0.0741. The molecule has 1 amide bonds. The lowest BCUT2D eigenvalue weighted by Crippen LogP contribution is -2.47. The Kier molecular flexibility index (Phi) is 5.69. The van der Waals surface area contributed by atoms with Crippen molar-refractivity contribution >= 4 is 34.4 Å². The molecule has 7 heteroatoms. The van der Waals surface area contributed by atoms with Crippen LogP contribution < -0.4 is 10.1 Å². The van der Waals surface area contributed by atoms with Crippen LogP contribution in [0.1, 0.15) is 32.6 Å². The van der Waals surface area contributed by atoms with Crippen LogP contribution in [-0.4, -0.2) is 35.1 Å². The van der Waals surface area contributed by atoms with Crippen molar-refractivity contribution < 1.29 is 19.1 Å². The third-order valence-corrected chi connectivity index (χ3v) is 6.23. The Labute approximate surface area is 180 Å². The Bertz CT molecular complexity index is 994. The summed E-state index contributed by atoms with van der Waals surface area (Å²) in [7, 11) is 0. The molecule has 0 radical (unpaired) electrons. The van der Waals surface area contributed by atoms with Gasteiger partial charge in [-0.2, -0.15) is 0 Å². The van der Waals surface area contributed by atoms with E-state index in [9.17, 15) is 9.59 Å². The van der Waals surface area contributed by atoms with Crippen LogP contribution in [0.3, 0.4) is 0 Å². The number of halogens is 1. The van der Waals surface area contributed by atoms with Gasteiger partial charge in [0.1, 0.15) is 11.3 Å². The fraction of sp³-hybridized carbons (Fsp3) is 0.435. The minimum atomic E-state index is -0.950. The van der Waals surface area contributed by atoms with Crippen molar-refractivity contribution in [2.24, 2.45) is 11.8 Å². The van der Waals surface area contributed by atoms with Gasteiger partial charge in [0.25, 0.3) is 0 Å². The van der Waals surface area contributed by atoms with Gasteiger partial charge in [0, 0.05) is 28.4 Å². The molecule has 1 heterocycles. The van der Waals surface area contributed by atoms with Crippen molar-refractivity contribution in [1.82, 2.24) is 10.3 Å². The predicted molar refractivity (Wildman–Crippen MR) is 114 cm³/mol. The van der Waals surface area contributed by atoms with E-state index in [1.807, 2.05) is 18.2 Å². The van der Waals surface area contributed by atoms with Gasteiger partial charge in [0.2, 0.25) is 5.91 Å². The van der Waals surface area contributed by atoms with E-state index in [0.717, 1.165) is 23.1 Å². The van der Waals surface area contributed by atoms with Crippen LogP contribution in [0.4, 0.5) is 0 Å². The largest absolute Gasteiger partial charge is 0.490 e. The summed E-state index contributed by atoms with van der Waals surface area (Å²) >= 11 is 6.05. The lowest BCUT2D eigenvalue weighted by molar-refractivity contribution is -0.149. The van der Waals surface area contributed by atoms with E-state index in [1.54, 1.807) is 25.3 Å². The molecule has 158 valence electrons. The molecule has 6 nitrogen and oxygen atoms in total. The average molecular weight is 429 g/mol. The fourth-order valence-electron chi connectivity index (χ4n) is 4.25. The number of amides is 1. The Hall–Kier alpha value is -2.60. The number of benzene rings is 1. The molecule has 0 unspecified atom stereocenters. The summed E-state index contributed by atoms with van der Waals surface area (Å²) in [6, 6.07) is 7.34. The Balaban J connectivity index is 1.41. The number of rotatable bonds is 7. The van der Waals surface area contributed by atoms with E-state index < -0.39 is 5.54 Å². The van der Waals surface area contributed by atoms with Crippen molar-refractivity contribution in [3.05, 3.63) is 48.1 Å². The number of hydrogen-bond acceptors (Lipinski definition) is 5. The second kappa shape index (κ2) is 8.26. The summed E-state index contributed by atoms with van der Waals surface area (Å²) in [6.07, 6.45) is 5.95. The van der Waals surface area contributed by atoms with Crippen LogP contribution in [0, 0.1) is 11.8 Å². The smallest absolute Gasteiger partial charge is 0.332 e. The number of pyridine rings is 1. The highest BCUT2D eigenvalue weighted by molar-refractivity contribution is 6.31. The summed E-state index contributed by atoms with van der Waals surface area (Å²) in [5, 5.41) is 4.47. The zero-order chi connectivity index (χ0) is 21.3. The van der Waals surface area contributed by atoms with Crippen LogP contribution in [0.5, 0.6) is 5.75 Å². The van der Waals surface area contributed by atoms with Gasteiger partial charge in [0.15, 0.2) is 0 Å². The molecular formula is C23H25ClN2O4. The monoisotopic (exact) mass is 428 g/mol. The van der Waals surface area contributed by atoms with Gasteiger partial charge < -0.3 is 14.8 Å². The first-order valence-corrected chi connectivity index (χ1v) is 10.7. The minimum Gasteiger partial charge on any atom is -0.490 e. The predicted octanol–water partition coefficient (Wildman–Crippen LogP) is 4.06. The first-order chi connectivity index (χ1) is 14.5. The molecule has 4 atom stereocenters. The van der Waals surface area contributed by atoms with E-state index in [4.69, 9.17) is 21.1 Å². The molecule has 1 aromatic heterocycles. The standard InChI is InChI=1S/C23H25ClN2O4/c1-3-15-13-23(15,22(28)29-4-2)26-21(27)14-5-7-17(11-14)30-20-9-10-25-19-12-16(24)6-8-18(19)20/h3,6,8-10,12,14-15,17H,1,4-5,7,11,13H2,2H3,(H,26,27)/t14-,15+,17-,23+/m0/s1. The third-order valence-electron chi connectivity index (χ3n) is 6.00. The molecule has 0 spiro atoms. The van der Waals surface area contributed by atoms with Gasteiger partial charge in [-0.15, -0.1) is 6.58 Å². The van der Waals surface area contributed by atoms with Gasteiger partial charge in [0.05, 0.1) is 18.2 Å². The SMILES string of the molecule is C=C[C@@H]1C[C@]1(NC(=O)[C@H]1CC[C@H](Oc2ccnc3cc(Cl)ccc23)C1)C(=O)OCC. The number of aromatic nitrogens is 1. The molecule has 0 saturated heterocycles. The second-order valence-corrected chi connectivity index (χ2v) is 8.38. The lowest BCUT2D eigenvalue weighted by atomic mass is 10.1. The zero-order valence-corrected chi connectivity index (χ0v) is 17.7. The van der Waals surface area contributed by atoms with E-state index >= 15 is 0 Å². The molecule has 2 fully saturated rings. The number of hydrogen-bond donors (Lipinski definition) is 1. The summed E-state index contributed by atoms with van der Waals surface area (Å²) in [6.45, 7) is 5.80. The van der Waals surface area contributed by atoms with E-state index in [2.05, 4.69) is 16.9 Å². The highest BCUT2D eigenvalue weighted by atomic mass is 35.5. The van der Waals surface area contributed by atoms with Gasteiger partial charge in [-0.05, 0) is 56.9 Å². The number of nitrogens with one attached hydrogen (secondary N) is 1. The van der Waals surface area contributed by atoms with Crippen molar-refractivity contribution in [1.29, 1.82) is 0 Å². The van der Waals surface area contributed by atoms with Gasteiger partial charge >= 0.3 is 5.97 Å². The molecule has 1 aromatic carbocycles. The van der Waals surface area contributed by atoms with Crippen molar-refractivity contribution in [3.63, 3.8) is 0 Å². The molecule has 30 heavy (non-hydrogen) atoms. The summed E-state index contributed by atoms with van der Waals surface area (Å²) in [4.78, 5) is 29.6. The molecule has 0 aliphatic heterocycles. The molecule has 2 aliphatic rings. The highest BCUT2D eigenvalue weighted by Crippen LogP contribution is 2.46. The van der Waals surface area contributed by atoms with Crippen LogP contribution >= 0.6 is 11.6 Å². The number of esters is 1. The number of nitrogens with zero attached hydrogens (tertiary/aromatic N) is 1. The number of ether oxygens (including phenoxy) is 2. The van der Waals surface area contributed by atoms with E-state index in [0.29, 0.717) is 24.3 Å². The maximum absolute atomic E-state index is 12.9. The normalized spacial score (nSPS) is 27.5. The van der Waals surface area contributed by atoms with E-state index in [-0.39, 0.29) is 36.4 Å². The fourth-order valence-corrected chi connectivity index (χ4v) is 4.41. The first-order valence-electron chi connectivity index (χ1n) is 10.3. The second-order valence-electron chi connectivity index (χ2n) is 7.95. The summed E-state index contributed by atoms with van der Waals surface area (Å²) in [5.74, 6) is -0.0423. The molecule has 0 bridgehead atoms. The average Bonchev–Trinajstić information content (AvgIpc) is 3.24. The summed E-state index contributed by atoms with van der Waals surface area (Å²) in [5.41, 5.74) is -0.179. The van der Waals surface area contributed by atoms with Crippen LogP contribution in [0.2, 0.25) is 5.02 Å². The lowest BCUT2D eigenvalue weighted by Gasteiger charge is -2.20. The highest BCUT2D eigenvalue weighted by Gasteiger charge is 2.61. The number of carbonyl (C=O) groups excluding carboxylic acids is 2. The van der Waals surface area contributed by atoms with Crippen LogP contribution in [0.25, 0.3) is 10.9 Å². The van der Waals surface area contributed by atoms with Crippen molar-refractivity contribution in [2.75, 3.05) is 6.61 Å². The molecule has 1 N–H and O–H groups in total. The van der Waals surface area contributed by atoms with Crippen LogP contribution in [0.15, 0.2) is 43.1 Å². The van der Waals surface area contributed by atoms with E-state index in [1.165, 1.54) is 0 Å².